The van der Waals surface area contributed by atoms with Gasteiger partial charge >= 0.3 is 0 Å². The fourth-order valence-electron chi connectivity index (χ4n) is 3.51. The van der Waals surface area contributed by atoms with Crippen molar-refractivity contribution in [3.8, 4) is 0 Å². The molecule has 7 heteroatoms. The summed E-state index contributed by atoms with van der Waals surface area (Å²) < 4.78 is 0. The van der Waals surface area contributed by atoms with E-state index in [1.807, 2.05) is 31.2 Å². The predicted molar refractivity (Wildman–Crippen MR) is 115 cm³/mol. The summed E-state index contributed by atoms with van der Waals surface area (Å²) in [5.41, 5.74) is 3.13. The van der Waals surface area contributed by atoms with Crippen LogP contribution in [-0.2, 0) is 16.1 Å². The number of benzene rings is 2. The van der Waals surface area contributed by atoms with Crippen LogP contribution in [0.3, 0.4) is 0 Å². The molecule has 0 saturated carbocycles. The molecule has 0 bridgehead atoms. The summed E-state index contributed by atoms with van der Waals surface area (Å²) in [6, 6.07) is 15.0. The molecule has 2 aromatic carbocycles. The molecule has 0 radical (unpaired) electrons. The Kier molecular flexibility index (Phi) is 7.19. The maximum absolute atomic E-state index is 12.7. The molecule has 1 fully saturated rings. The zero-order valence-corrected chi connectivity index (χ0v) is 17.5. The maximum Gasteiger partial charge on any atom is 0.279 e. The van der Waals surface area contributed by atoms with Gasteiger partial charge in [0, 0.05) is 13.5 Å². The first-order valence-electron chi connectivity index (χ1n) is 10.2. The molecule has 0 atom stereocenters. The highest BCUT2D eigenvalue weighted by Gasteiger charge is 2.24. The average Bonchev–Trinajstić information content (AvgIpc) is 2.74. The van der Waals surface area contributed by atoms with Gasteiger partial charge in [-0.2, -0.15) is 0 Å². The molecule has 30 heavy (non-hydrogen) atoms. The second-order valence-corrected chi connectivity index (χ2v) is 7.69. The standard InChI is InChI=1S/C23H28N4O3/c1-17-7-9-19(10-8-17)15-24-23(30)20-5-3-4-6-21(20)25-22(29)16-26-11-13-27(14-12-26)18(2)28/h3-10H,11-16H2,1-2H3,(H,24,30)(H,25,29)/p+1. The van der Waals surface area contributed by atoms with Crippen molar-refractivity contribution in [3.05, 3.63) is 65.2 Å². The molecule has 1 aliphatic heterocycles. The summed E-state index contributed by atoms with van der Waals surface area (Å²) in [5.74, 6) is -0.293. The molecule has 0 aromatic heterocycles. The Labute approximate surface area is 177 Å². The first-order valence-corrected chi connectivity index (χ1v) is 10.2. The molecule has 1 saturated heterocycles. The number of para-hydroxylation sites is 1. The van der Waals surface area contributed by atoms with E-state index < -0.39 is 0 Å². The van der Waals surface area contributed by atoms with Crippen molar-refractivity contribution < 1.29 is 19.3 Å². The molecule has 0 spiro atoms. The van der Waals surface area contributed by atoms with Crippen LogP contribution in [0.1, 0.15) is 28.4 Å². The number of rotatable bonds is 6. The number of hydrogen-bond donors (Lipinski definition) is 3. The Hall–Kier alpha value is -3.19. The number of nitrogens with one attached hydrogen (secondary N) is 3. The highest BCUT2D eigenvalue weighted by atomic mass is 16.2. The van der Waals surface area contributed by atoms with Gasteiger partial charge in [-0.15, -0.1) is 0 Å². The molecule has 2 aromatic rings. The molecule has 0 aliphatic carbocycles. The molecule has 3 amide bonds. The number of carbonyl (C=O) groups excluding carboxylic acids is 3. The minimum atomic E-state index is -0.228. The van der Waals surface area contributed by atoms with E-state index in [4.69, 9.17) is 0 Å². The lowest BCUT2D eigenvalue weighted by Gasteiger charge is -2.31. The molecule has 7 nitrogen and oxygen atoms in total. The van der Waals surface area contributed by atoms with Crippen molar-refractivity contribution in [2.45, 2.75) is 20.4 Å². The van der Waals surface area contributed by atoms with Crippen LogP contribution in [0.15, 0.2) is 48.5 Å². The summed E-state index contributed by atoms with van der Waals surface area (Å²) in [6.07, 6.45) is 0. The summed E-state index contributed by atoms with van der Waals surface area (Å²) >= 11 is 0. The second-order valence-electron chi connectivity index (χ2n) is 7.69. The van der Waals surface area contributed by atoms with E-state index in [1.54, 1.807) is 36.1 Å². The highest BCUT2D eigenvalue weighted by Crippen LogP contribution is 2.15. The number of aryl methyl sites for hydroxylation is 1. The molecule has 0 unspecified atom stereocenters. The van der Waals surface area contributed by atoms with E-state index in [2.05, 4.69) is 10.6 Å². The van der Waals surface area contributed by atoms with Crippen LogP contribution >= 0.6 is 0 Å². The summed E-state index contributed by atoms with van der Waals surface area (Å²) in [7, 11) is 0. The lowest BCUT2D eigenvalue weighted by Crippen LogP contribution is -3.15. The van der Waals surface area contributed by atoms with Crippen LogP contribution in [-0.4, -0.2) is 55.3 Å². The van der Waals surface area contributed by atoms with Gasteiger partial charge in [0.15, 0.2) is 6.54 Å². The van der Waals surface area contributed by atoms with Crippen LogP contribution in [0, 0.1) is 6.92 Å². The van der Waals surface area contributed by atoms with E-state index in [-0.39, 0.29) is 17.7 Å². The molecule has 3 rings (SSSR count). The Bertz CT molecular complexity index is 903. The van der Waals surface area contributed by atoms with Gasteiger partial charge in [-0.3, -0.25) is 14.4 Å². The summed E-state index contributed by atoms with van der Waals surface area (Å²) in [6.45, 7) is 7.13. The van der Waals surface area contributed by atoms with E-state index in [9.17, 15) is 14.4 Å². The van der Waals surface area contributed by atoms with Gasteiger partial charge < -0.3 is 20.4 Å². The number of hydrogen-bond acceptors (Lipinski definition) is 3. The smallest absolute Gasteiger partial charge is 0.279 e. The van der Waals surface area contributed by atoms with E-state index in [1.165, 1.54) is 5.56 Å². The third-order valence-corrected chi connectivity index (χ3v) is 5.35. The van der Waals surface area contributed by atoms with Crippen LogP contribution < -0.4 is 15.5 Å². The van der Waals surface area contributed by atoms with Crippen LogP contribution in [0.25, 0.3) is 0 Å². The van der Waals surface area contributed by atoms with Crippen molar-refractivity contribution in [1.82, 2.24) is 10.2 Å². The topological polar surface area (TPSA) is 83.0 Å². The first-order chi connectivity index (χ1) is 14.4. The fraction of sp³-hybridized carbons (Fsp3) is 0.348. The fourth-order valence-corrected chi connectivity index (χ4v) is 3.51. The minimum absolute atomic E-state index is 0.0732. The molecule has 3 N–H and O–H groups in total. The van der Waals surface area contributed by atoms with Gasteiger partial charge in [-0.05, 0) is 24.6 Å². The zero-order valence-electron chi connectivity index (χ0n) is 17.5. The number of piperazine rings is 1. The molecule has 1 heterocycles. The Balaban J connectivity index is 1.55. The van der Waals surface area contributed by atoms with Gasteiger partial charge in [0.2, 0.25) is 5.91 Å². The third kappa shape index (κ3) is 5.90. The van der Waals surface area contributed by atoms with Crippen LogP contribution in [0.2, 0.25) is 0 Å². The number of nitrogens with zero attached hydrogens (tertiary/aromatic N) is 1. The van der Waals surface area contributed by atoms with E-state index in [0.29, 0.717) is 37.4 Å². The lowest BCUT2D eigenvalue weighted by atomic mass is 10.1. The van der Waals surface area contributed by atoms with Crippen molar-refractivity contribution >= 4 is 23.4 Å². The summed E-state index contributed by atoms with van der Waals surface area (Å²) in [4.78, 5) is 39.6. The van der Waals surface area contributed by atoms with Gasteiger partial charge in [0.05, 0.1) is 37.4 Å². The number of quaternary nitrogens is 1. The number of anilines is 1. The zero-order chi connectivity index (χ0) is 21.5. The molecule has 1 aliphatic rings. The number of carbonyl (C=O) groups is 3. The van der Waals surface area contributed by atoms with E-state index in [0.717, 1.165) is 23.6 Å². The monoisotopic (exact) mass is 409 g/mol. The Morgan fingerprint density at radius 3 is 2.33 bits per heavy atom. The van der Waals surface area contributed by atoms with Gasteiger partial charge in [-0.25, -0.2) is 0 Å². The van der Waals surface area contributed by atoms with E-state index >= 15 is 0 Å². The Morgan fingerprint density at radius 2 is 1.67 bits per heavy atom. The minimum Gasteiger partial charge on any atom is -0.348 e. The Morgan fingerprint density at radius 1 is 1.00 bits per heavy atom. The normalized spacial score (nSPS) is 14.3. The lowest BCUT2D eigenvalue weighted by molar-refractivity contribution is -0.895. The van der Waals surface area contributed by atoms with Crippen LogP contribution in [0.4, 0.5) is 5.69 Å². The quantitative estimate of drug-likeness (QED) is 0.654. The largest absolute Gasteiger partial charge is 0.348 e. The van der Waals surface area contributed by atoms with Crippen molar-refractivity contribution in [3.63, 3.8) is 0 Å². The van der Waals surface area contributed by atoms with Gasteiger partial charge in [0.1, 0.15) is 0 Å². The third-order valence-electron chi connectivity index (χ3n) is 5.35. The van der Waals surface area contributed by atoms with Crippen molar-refractivity contribution in [1.29, 1.82) is 0 Å². The molecular weight excluding hydrogens is 380 g/mol. The average molecular weight is 410 g/mol. The van der Waals surface area contributed by atoms with Crippen molar-refractivity contribution in [2.75, 3.05) is 38.0 Å². The SMILES string of the molecule is CC(=O)N1CC[NH+](CC(=O)Nc2ccccc2C(=O)NCc2ccc(C)cc2)CC1. The number of amides is 3. The van der Waals surface area contributed by atoms with Gasteiger partial charge in [0.25, 0.3) is 11.8 Å². The highest BCUT2D eigenvalue weighted by molar-refractivity contribution is 6.03. The van der Waals surface area contributed by atoms with Crippen LogP contribution in [0.5, 0.6) is 0 Å². The second kappa shape index (κ2) is 10.0. The molecular formula is C23H29N4O3+. The first kappa shape index (κ1) is 21.5. The van der Waals surface area contributed by atoms with Crippen molar-refractivity contribution in [2.24, 2.45) is 0 Å². The molecule has 158 valence electrons. The van der Waals surface area contributed by atoms with Gasteiger partial charge in [-0.1, -0.05) is 42.0 Å². The predicted octanol–water partition coefficient (Wildman–Crippen LogP) is 0.611. The maximum atomic E-state index is 12.7. The summed E-state index contributed by atoms with van der Waals surface area (Å²) in [5, 5.41) is 5.79.